The number of pyridine rings is 1. The molecular weight excluding hydrogens is 638 g/mol. The van der Waals surface area contributed by atoms with Gasteiger partial charge < -0.3 is 15.4 Å². The Hall–Kier alpha value is -3.45. The van der Waals surface area contributed by atoms with Crippen LogP contribution < -0.4 is 10.6 Å². The Balaban J connectivity index is 1.45. The molecule has 4 atom stereocenters. The Bertz CT molecular complexity index is 1670. The van der Waals surface area contributed by atoms with Crippen LogP contribution in [-0.4, -0.2) is 73.2 Å². The van der Waals surface area contributed by atoms with Gasteiger partial charge in [-0.1, -0.05) is 35.9 Å². The summed E-state index contributed by atoms with van der Waals surface area (Å²) < 4.78 is 62.8. The Labute approximate surface area is 272 Å². The van der Waals surface area contributed by atoms with E-state index in [9.17, 15) is 22.4 Å². The van der Waals surface area contributed by atoms with Crippen LogP contribution in [0.5, 0.6) is 0 Å². The first kappa shape index (κ1) is 33.9. The fourth-order valence-electron chi connectivity index (χ4n) is 6.25. The molecule has 0 radical (unpaired) electrons. The number of hydrogen-bond acceptors (Lipinski definition) is 7. The largest absolute Gasteiger partial charge is 0.453 e. The van der Waals surface area contributed by atoms with Gasteiger partial charge in [0.1, 0.15) is 17.7 Å². The Kier molecular flexibility index (Phi) is 10.7. The normalized spacial score (nSPS) is 20.1. The fraction of sp³-hybridized carbons (Fsp3) is 0.424. The molecule has 2 fully saturated rings. The number of sulfonamides is 1. The fourth-order valence-corrected chi connectivity index (χ4v) is 8.62. The van der Waals surface area contributed by atoms with E-state index in [1.54, 1.807) is 34.6 Å². The number of carbonyl (C=O) groups is 2. The lowest BCUT2D eigenvalue weighted by Crippen LogP contribution is -2.59. The van der Waals surface area contributed by atoms with Crippen molar-refractivity contribution in [1.29, 1.82) is 0 Å². The number of piperazine rings is 1. The molecule has 0 spiro atoms. The highest BCUT2D eigenvalue weighted by molar-refractivity contribution is 7.90. The van der Waals surface area contributed by atoms with Gasteiger partial charge >= 0.3 is 6.09 Å². The minimum atomic E-state index is -3.48. The van der Waals surface area contributed by atoms with Crippen molar-refractivity contribution in [1.82, 2.24) is 19.9 Å². The number of rotatable bonds is 12. The van der Waals surface area contributed by atoms with Crippen LogP contribution in [0, 0.1) is 11.6 Å². The molecule has 1 saturated carbocycles. The summed E-state index contributed by atoms with van der Waals surface area (Å²) in [7, 11) is -2.31. The highest BCUT2D eigenvalue weighted by atomic mass is 35.5. The van der Waals surface area contributed by atoms with E-state index in [4.69, 9.17) is 16.3 Å². The maximum Gasteiger partial charge on any atom is 0.407 e. The van der Waals surface area contributed by atoms with E-state index in [0.717, 1.165) is 6.20 Å². The van der Waals surface area contributed by atoms with Gasteiger partial charge in [0.15, 0.2) is 5.78 Å². The molecule has 1 aromatic heterocycles. The second kappa shape index (κ2) is 14.5. The van der Waals surface area contributed by atoms with Crippen LogP contribution in [-0.2, 0) is 32.4 Å². The highest BCUT2D eigenvalue weighted by Gasteiger charge is 2.45. The van der Waals surface area contributed by atoms with Gasteiger partial charge in [0, 0.05) is 48.7 Å². The molecule has 3 aromatic rings. The molecule has 2 aliphatic rings. The number of hydrogen-bond donors (Lipinski definition) is 2. The number of methoxy groups -OCH3 is 1. The Morgan fingerprint density at radius 3 is 2.52 bits per heavy atom. The summed E-state index contributed by atoms with van der Waals surface area (Å²) in [6.07, 6.45) is 3.06. The van der Waals surface area contributed by atoms with Gasteiger partial charge in [0.05, 0.1) is 18.6 Å². The van der Waals surface area contributed by atoms with Gasteiger partial charge in [0.25, 0.3) is 0 Å². The molecule has 2 heterocycles. The highest BCUT2D eigenvalue weighted by Crippen LogP contribution is 2.35. The van der Waals surface area contributed by atoms with Crippen LogP contribution >= 0.6 is 11.6 Å². The van der Waals surface area contributed by atoms with Crippen LogP contribution in [0.15, 0.2) is 60.9 Å². The van der Waals surface area contributed by atoms with Gasteiger partial charge in [0.2, 0.25) is 10.0 Å². The molecule has 0 bridgehead atoms. The quantitative estimate of drug-likeness (QED) is 0.284. The van der Waals surface area contributed by atoms with Crippen molar-refractivity contribution in [3.05, 3.63) is 99.8 Å². The molecule has 2 aromatic carbocycles. The lowest BCUT2D eigenvalue weighted by molar-refractivity contribution is -0.120. The molecule has 13 heteroatoms. The van der Waals surface area contributed by atoms with Crippen LogP contribution in [0.25, 0.3) is 0 Å². The third-order valence-corrected chi connectivity index (χ3v) is 11.4. The van der Waals surface area contributed by atoms with Crippen molar-refractivity contribution in [3.8, 4) is 0 Å². The summed E-state index contributed by atoms with van der Waals surface area (Å²) in [6, 6.07) is 10.5. The molecule has 1 amide bonds. The summed E-state index contributed by atoms with van der Waals surface area (Å²) in [5.41, 5.74) is 1.56. The zero-order chi connectivity index (χ0) is 33.0. The third-order valence-electron chi connectivity index (χ3n) is 8.62. The molecule has 1 aliphatic heterocycles. The molecule has 1 aliphatic carbocycles. The Morgan fingerprint density at radius 1 is 1.11 bits per heavy atom. The predicted molar refractivity (Wildman–Crippen MR) is 170 cm³/mol. The number of alkyl carbamates (subject to hydrolysis) is 1. The standard InChI is InChI=1S/C33H37ClF2N4O5S/c1-20-16-37-18-26(40(20)46(43,44)27-11-12-27)10-13-28-23(17-38-19-29(28)36)15-30(41)32(39-33(42)45-2)31(21-6-8-24(34)9-7-21)22-4-3-5-25(35)14-22/h3-9,14,17,19-20,26-27,31-32,37H,10-13,15-16,18H2,1-2H3,(H,39,42)/t20-,26-,31-,32+/m0/s1. The summed E-state index contributed by atoms with van der Waals surface area (Å²) in [6.45, 7) is 2.82. The molecule has 0 unspecified atom stereocenters. The van der Waals surface area contributed by atoms with Gasteiger partial charge in [-0.15, -0.1) is 0 Å². The topological polar surface area (TPSA) is 118 Å². The van der Waals surface area contributed by atoms with Crippen molar-refractivity contribution in [2.75, 3.05) is 20.2 Å². The number of benzene rings is 2. The van der Waals surface area contributed by atoms with Crippen LogP contribution in [0.4, 0.5) is 13.6 Å². The maximum atomic E-state index is 15.4. The van der Waals surface area contributed by atoms with E-state index in [1.165, 1.54) is 31.5 Å². The average molecular weight is 675 g/mol. The SMILES string of the molecule is COC(=O)N[C@H](C(=O)Cc1cncc(F)c1CC[C@H]1CNC[C@H](C)N1S(=O)(=O)C1CC1)[C@@H](c1ccc(Cl)cc1)c1cccc(F)c1. The molecule has 9 nitrogen and oxygen atoms in total. The lowest BCUT2D eigenvalue weighted by Gasteiger charge is -2.40. The van der Waals surface area contributed by atoms with Gasteiger partial charge in [-0.05, 0) is 79.1 Å². The molecule has 1 saturated heterocycles. The maximum absolute atomic E-state index is 15.4. The van der Waals surface area contributed by atoms with Gasteiger partial charge in [-0.2, -0.15) is 4.31 Å². The first-order valence-electron chi connectivity index (χ1n) is 15.2. The van der Waals surface area contributed by atoms with E-state index in [1.807, 2.05) is 6.92 Å². The van der Waals surface area contributed by atoms with E-state index in [-0.39, 0.29) is 35.7 Å². The minimum absolute atomic E-state index is 0.159. The molecular formula is C33H37ClF2N4O5S. The number of Topliss-reactive ketones (excluding diaryl/α,β-unsaturated/α-hetero) is 1. The average Bonchev–Trinajstić information content (AvgIpc) is 3.88. The number of aromatic nitrogens is 1. The third kappa shape index (κ3) is 7.74. The monoisotopic (exact) mass is 674 g/mol. The first-order valence-corrected chi connectivity index (χ1v) is 17.1. The number of nitrogens with zero attached hydrogens (tertiary/aromatic N) is 2. The van der Waals surface area contributed by atoms with Crippen molar-refractivity contribution in [2.24, 2.45) is 0 Å². The number of carbonyl (C=O) groups excluding carboxylic acids is 2. The van der Waals surface area contributed by atoms with E-state index in [2.05, 4.69) is 15.6 Å². The zero-order valence-corrected chi connectivity index (χ0v) is 27.2. The zero-order valence-electron chi connectivity index (χ0n) is 25.6. The molecule has 246 valence electrons. The molecule has 5 rings (SSSR count). The number of amides is 1. The molecule has 46 heavy (non-hydrogen) atoms. The lowest BCUT2D eigenvalue weighted by atomic mass is 9.81. The number of ketones is 1. The smallest absolute Gasteiger partial charge is 0.407 e. The number of nitrogens with one attached hydrogen (secondary N) is 2. The van der Waals surface area contributed by atoms with Crippen molar-refractivity contribution < 1.29 is 31.5 Å². The van der Waals surface area contributed by atoms with Gasteiger partial charge in [-0.25, -0.2) is 22.0 Å². The van der Waals surface area contributed by atoms with E-state index in [0.29, 0.717) is 54.1 Å². The molecule has 2 N–H and O–H groups in total. The van der Waals surface area contributed by atoms with Crippen LogP contribution in [0.2, 0.25) is 5.02 Å². The summed E-state index contributed by atoms with van der Waals surface area (Å²) in [4.78, 5) is 30.7. The minimum Gasteiger partial charge on any atom is -0.453 e. The van der Waals surface area contributed by atoms with Gasteiger partial charge in [-0.3, -0.25) is 9.78 Å². The van der Waals surface area contributed by atoms with Crippen molar-refractivity contribution in [2.45, 2.75) is 68.3 Å². The van der Waals surface area contributed by atoms with Crippen LogP contribution in [0.1, 0.15) is 54.4 Å². The van der Waals surface area contributed by atoms with E-state index >= 15 is 4.39 Å². The predicted octanol–water partition coefficient (Wildman–Crippen LogP) is 4.77. The summed E-state index contributed by atoms with van der Waals surface area (Å²) >= 11 is 6.12. The summed E-state index contributed by atoms with van der Waals surface area (Å²) in [5, 5.41) is 5.98. The van der Waals surface area contributed by atoms with Crippen molar-refractivity contribution in [3.63, 3.8) is 0 Å². The Morgan fingerprint density at radius 2 is 1.85 bits per heavy atom. The van der Waals surface area contributed by atoms with E-state index < -0.39 is 45.5 Å². The number of ether oxygens (including phenoxy) is 1. The first-order chi connectivity index (χ1) is 22.0. The van der Waals surface area contributed by atoms with Crippen molar-refractivity contribution >= 4 is 33.5 Å². The summed E-state index contributed by atoms with van der Waals surface area (Å²) in [5.74, 6) is -2.48. The second-order valence-electron chi connectivity index (χ2n) is 11.9. The second-order valence-corrected chi connectivity index (χ2v) is 14.4. The number of halogens is 3. The van der Waals surface area contributed by atoms with Crippen LogP contribution in [0.3, 0.4) is 0 Å².